The molecule has 0 amide bonds. The Morgan fingerprint density at radius 3 is 2.54 bits per heavy atom. The first-order valence-electron chi connectivity index (χ1n) is 7.37. The van der Waals surface area contributed by atoms with E-state index in [9.17, 15) is 17.6 Å². The van der Waals surface area contributed by atoms with E-state index in [0.29, 0.717) is 22.6 Å². The number of hydrogen-bond acceptors (Lipinski definition) is 4. The molecule has 0 aliphatic carbocycles. The number of halogens is 1. The Morgan fingerprint density at radius 2 is 1.88 bits per heavy atom. The maximum atomic E-state index is 13.0. The number of fused-ring (bicyclic) bond motifs is 1. The Labute approximate surface area is 139 Å². The zero-order chi connectivity index (χ0) is 17.3. The van der Waals surface area contributed by atoms with Crippen molar-refractivity contribution in [3.63, 3.8) is 0 Å². The maximum absolute atomic E-state index is 13.0. The van der Waals surface area contributed by atoms with E-state index in [1.165, 1.54) is 35.7 Å². The van der Waals surface area contributed by atoms with E-state index in [2.05, 4.69) is 0 Å². The van der Waals surface area contributed by atoms with E-state index in [1.807, 2.05) is 0 Å². The summed E-state index contributed by atoms with van der Waals surface area (Å²) in [7, 11) is -2.23. The molecule has 2 aromatic rings. The fourth-order valence-electron chi connectivity index (χ4n) is 2.70. The van der Waals surface area contributed by atoms with Gasteiger partial charge in [-0.15, -0.1) is 0 Å². The molecular formula is C17H16FNO4S. The van der Waals surface area contributed by atoms with E-state index in [-0.39, 0.29) is 24.5 Å². The van der Waals surface area contributed by atoms with Gasteiger partial charge in [0.15, 0.2) is 5.78 Å². The predicted octanol–water partition coefficient (Wildman–Crippen LogP) is 2.76. The Hall–Kier alpha value is -2.41. The van der Waals surface area contributed by atoms with Crippen molar-refractivity contribution >= 4 is 21.5 Å². The standard InChI is InChI=1S/C17H16FNO4S/c1-23-14-6-7-15-16(10-14)19(9-8-17(15)20)24(21,22)11-12-2-4-13(18)5-3-12/h2-7,10H,8-9,11H2,1H3. The Morgan fingerprint density at radius 1 is 1.17 bits per heavy atom. The summed E-state index contributed by atoms with van der Waals surface area (Å²) in [6, 6.07) is 10.1. The third kappa shape index (κ3) is 3.12. The number of ether oxygens (including phenoxy) is 1. The summed E-state index contributed by atoms with van der Waals surface area (Å²) in [5, 5.41) is 0. The van der Waals surface area contributed by atoms with E-state index < -0.39 is 15.8 Å². The highest BCUT2D eigenvalue weighted by atomic mass is 32.2. The van der Waals surface area contributed by atoms with E-state index in [1.54, 1.807) is 18.2 Å². The average molecular weight is 349 g/mol. The minimum absolute atomic E-state index is 0.0858. The molecule has 0 fully saturated rings. The normalized spacial score (nSPS) is 14.4. The van der Waals surface area contributed by atoms with Gasteiger partial charge in [-0.1, -0.05) is 12.1 Å². The first kappa shape index (κ1) is 16.4. The summed E-state index contributed by atoms with van der Waals surface area (Å²) >= 11 is 0. The van der Waals surface area contributed by atoms with Crippen molar-refractivity contribution in [3.05, 3.63) is 59.4 Å². The third-order valence-corrected chi connectivity index (χ3v) is 5.66. The van der Waals surface area contributed by atoms with Crippen LogP contribution in [0.4, 0.5) is 10.1 Å². The van der Waals surface area contributed by atoms with Crippen molar-refractivity contribution in [2.75, 3.05) is 18.0 Å². The fourth-order valence-corrected chi connectivity index (χ4v) is 4.29. The number of carbonyl (C=O) groups is 1. The van der Waals surface area contributed by atoms with Crippen molar-refractivity contribution in [1.82, 2.24) is 0 Å². The SMILES string of the molecule is COc1ccc2c(c1)N(S(=O)(=O)Cc1ccc(F)cc1)CCC2=O. The van der Waals surface area contributed by atoms with Crippen LogP contribution in [0.2, 0.25) is 0 Å². The second-order valence-electron chi connectivity index (χ2n) is 5.51. The van der Waals surface area contributed by atoms with Crippen LogP contribution in [0.15, 0.2) is 42.5 Å². The summed E-state index contributed by atoms with van der Waals surface area (Å²) in [6.07, 6.45) is 0.127. The topological polar surface area (TPSA) is 63.7 Å². The van der Waals surface area contributed by atoms with Gasteiger partial charge in [0.2, 0.25) is 10.0 Å². The summed E-state index contributed by atoms with van der Waals surface area (Å²) in [4.78, 5) is 12.0. The molecule has 7 heteroatoms. The van der Waals surface area contributed by atoms with Crippen LogP contribution in [-0.4, -0.2) is 27.9 Å². The fraction of sp³-hybridized carbons (Fsp3) is 0.235. The summed E-state index contributed by atoms with van der Waals surface area (Å²) in [6.45, 7) is 0.0858. The number of methoxy groups -OCH3 is 1. The first-order valence-corrected chi connectivity index (χ1v) is 8.98. The first-order chi connectivity index (χ1) is 11.4. The molecule has 3 rings (SSSR count). The van der Waals surface area contributed by atoms with Crippen LogP contribution in [0.5, 0.6) is 5.75 Å². The third-order valence-electron chi connectivity index (χ3n) is 3.91. The highest BCUT2D eigenvalue weighted by Gasteiger charge is 2.31. The van der Waals surface area contributed by atoms with Gasteiger partial charge in [-0.25, -0.2) is 12.8 Å². The molecule has 0 unspecified atom stereocenters. The second-order valence-corrected chi connectivity index (χ2v) is 7.40. The van der Waals surface area contributed by atoms with Gasteiger partial charge in [0, 0.05) is 24.6 Å². The molecule has 24 heavy (non-hydrogen) atoms. The van der Waals surface area contributed by atoms with E-state index >= 15 is 0 Å². The van der Waals surface area contributed by atoms with Gasteiger partial charge in [-0.3, -0.25) is 9.10 Å². The lowest BCUT2D eigenvalue weighted by atomic mass is 10.0. The van der Waals surface area contributed by atoms with Gasteiger partial charge in [-0.2, -0.15) is 0 Å². The Kier molecular flexibility index (Phi) is 4.28. The summed E-state index contributed by atoms with van der Waals surface area (Å²) in [5.41, 5.74) is 1.18. The van der Waals surface area contributed by atoms with Gasteiger partial charge >= 0.3 is 0 Å². The second kappa shape index (κ2) is 6.24. The van der Waals surface area contributed by atoms with Gasteiger partial charge in [0.05, 0.1) is 18.6 Å². The average Bonchev–Trinajstić information content (AvgIpc) is 2.56. The van der Waals surface area contributed by atoms with Crippen LogP contribution >= 0.6 is 0 Å². The van der Waals surface area contributed by atoms with Crippen molar-refractivity contribution in [3.8, 4) is 5.75 Å². The van der Waals surface area contributed by atoms with Crippen molar-refractivity contribution in [1.29, 1.82) is 0 Å². The number of ketones is 1. The number of anilines is 1. The molecule has 1 heterocycles. The number of carbonyl (C=O) groups excluding carboxylic acids is 1. The van der Waals surface area contributed by atoms with Gasteiger partial charge in [0.1, 0.15) is 11.6 Å². The molecule has 0 aromatic heterocycles. The van der Waals surface area contributed by atoms with Crippen LogP contribution in [0.1, 0.15) is 22.3 Å². The lowest BCUT2D eigenvalue weighted by Gasteiger charge is -2.30. The van der Waals surface area contributed by atoms with Crippen LogP contribution in [0.25, 0.3) is 0 Å². The zero-order valence-electron chi connectivity index (χ0n) is 13.0. The molecule has 1 aliphatic heterocycles. The lowest BCUT2D eigenvalue weighted by Crippen LogP contribution is -2.38. The van der Waals surface area contributed by atoms with Crippen LogP contribution in [0.3, 0.4) is 0 Å². The molecule has 0 saturated heterocycles. The maximum Gasteiger partial charge on any atom is 0.239 e. The molecule has 2 aromatic carbocycles. The molecule has 0 bridgehead atoms. The number of hydrogen-bond donors (Lipinski definition) is 0. The molecule has 126 valence electrons. The zero-order valence-corrected chi connectivity index (χ0v) is 13.8. The highest BCUT2D eigenvalue weighted by Crippen LogP contribution is 2.33. The van der Waals surface area contributed by atoms with Crippen molar-refractivity contribution in [2.45, 2.75) is 12.2 Å². The van der Waals surface area contributed by atoms with Gasteiger partial charge in [0.25, 0.3) is 0 Å². The van der Waals surface area contributed by atoms with Crippen LogP contribution in [0, 0.1) is 5.82 Å². The Bertz CT molecular complexity index is 878. The number of benzene rings is 2. The summed E-state index contributed by atoms with van der Waals surface area (Å²) < 4.78 is 44.9. The largest absolute Gasteiger partial charge is 0.497 e. The molecule has 1 aliphatic rings. The Balaban J connectivity index is 1.98. The van der Waals surface area contributed by atoms with Gasteiger partial charge in [-0.05, 0) is 29.8 Å². The van der Waals surface area contributed by atoms with E-state index in [4.69, 9.17) is 4.74 Å². The number of Topliss-reactive ketones (excluding diaryl/α,β-unsaturated/α-hetero) is 1. The number of rotatable bonds is 4. The monoisotopic (exact) mass is 349 g/mol. The number of sulfonamides is 1. The molecule has 0 saturated carbocycles. The van der Waals surface area contributed by atoms with Crippen LogP contribution in [-0.2, 0) is 15.8 Å². The minimum atomic E-state index is -3.71. The molecule has 0 N–H and O–H groups in total. The summed E-state index contributed by atoms with van der Waals surface area (Å²) in [5.74, 6) is -0.306. The van der Waals surface area contributed by atoms with Crippen LogP contribution < -0.4 is 9.04 Å². The minimum Gasteiger partial charge on any atom is -0.497 e. The molecular weight excluding hydrogens is 333 g/mol. The molecule has 0 spiro atoms. The lowest BCUT2D eigenvalue weighted by molar-refractivity contribution is 0.0982. The van der Waals surface area contributed by atoms with Crippen molar-refractivity contribution in [2.24, 2.45) is 0 Å². The van der Waals surface area contributed by atoms with E-state index in [0.717, 1.165) is 0 Å². The highest BCUT2D eigenvalue weighted by molar-refractivity contribution is 7.92. The molecule has 5 nitrogen and oxygen atoms in total. The predicted molar refractivity (Wildman–Crippen MR) is 88.3 cm³/mol. The van der Waals surface area contributed by atoms with Crippen molar-refractivity contribution < 1.29 is 22.3 Å². The molecule has 0 radical (unpaired) electrons. The smallest absolute Gasteiger partial charge is 0.239 e. The molecule has 0 atom stereocenters. The number of nitrogens with zero attached hydrogens (tertiary/aromatic N) is 1. The quantitative estimate of drug-likeness (QED) is 0.851. The van der Waals surface area contributed by atoms with Gasteiger partial charge < -0.3 is 4.74 Å².